The molecule has 3 N–H and O–H groups in total. The smallest absolute Gasteiger partial charge is 0.259 e. The first kappa shape index (κ1) is 19.1. The van der Waals surface area contributed by atoms with Crippen LogP contribution in [-0.2, 0) is 10.4 Å². The highest BCUT2D eigenvalue weighted by Gasteiger charge is 2.41. The van der Waals surface area contributed by atoms with Gasteiger partial charge in [-0.2, -0.15) is 0 Å². The number of likely N-dealkylation sites (tertiary alicyclic amines) is 1. The summed E-state index contributed by atoms with van der Waals surface area (Å²) in [6.45, 7) is 2.29. The van der Waals surface area contributed by atoms with Crippen LogP contribution in [0.25, 0.3) is 0 Å². The molecular weight excluding hydrogens is 364 g/mol. The van der Waals surface area contributed by atoms with Crippen LogP contribution in [0.1, 0.15) is 23.1 Å². The van der Waals surface area contributed by atoms with Gasteiger partial charge in [0.05, 0.1) is 24.1 Å². The molecule has 0 spiro atoms. The SMILES string of the molecule is Cc1ccc(C(=N)/C(=C\O)C(=O)N2CCC(O)(c3ccccc3Cl)C2)cc1. The molecule has 2 aromatic carbocycles. The number of carbonyl (C=O) groups is 1. The van der Waals surface area contributed by atoms with Crippen molar-refractivity contribution in [2.45, 2.75) is 18.9 Å². The van der Waals surface area contributed by atoms with E-state index in [1.54, 1.807) is 36.4 Å². The Labute approximate surface area is 163 Å². The van der Waals surface area contributed by atoms with Crippen molar-refractivity contribution < 1.29 is 15.0 Å². The van der Waals surface area contributed by atoms with Crippen LogP contribution in [0.5, 0.6) is 0 Å². The van der Waals surface area contributed by atoms with Gasteiger partial charge >= 0.3 is 0 Å². The Balaban J connectivity index is 1.80. The van der Waals surface area contributed by atoms with E-state index in [0.29, 0.717) is 35.4 Å². The third-order valence-corrected chi connectivity index (χ3v) is 5.21. The first-order chi connectivity index (χ1) is 12.9. The van der Waals surface area contributed by atoms with Crippen molar-refractivity contribution >= 4 is 23.2 Å². The lowest BCUT2D eigenvalue weighted by atomic mass is 9.93. The van der Waals surface area contributed by atoms with Crippen molar-refractivity contribution in [3.05, 3.63) is 82.1 Å². The van der Waals surface area contributed by atoms with Gasteiger partial charge in [0.15, 0.2) is 0 Å². The van der Waals surface area contributed by atoms with Crippen molar-refractivity contribution in [1.29, 1.82) is 5.41 Å². The van der Waals surface area contributed by atoms with Crippen LogP contribution < -0.4 is 0 Å². The second-order valence-electron chi connectivity index (χ2n) is 6.77. The van der Waals surface area contributed by atoms with E-state index in [9.17, 15) is 15.0 Å². The van der Waals surface area contributed by atoms with E-state index in [1.165, 1.54) is 4.90 Å². The Kier molecular flexibility index (Phi) is 5.35. The number of β-amino-alcohol motifs (C(OH)–C–C–N with tert-alkyl or cyclic N) is 1. The molecule has 0 aliphatic carbocycles. The number of nitrogens with zero attached hydrogens (tertiary/aromatic N) is 1. The van der Waals surface area contributed by atoms with Gasteiger partial charge in [0.2, 0.25) is 0 Å². The van der Waals surface area contributed by atoms with Gasteiger partial charge in [0.25, 0.3) is 5.91 Å². The molecule has 0 saturated carbocycles. The molecule has 2 aromatic rings. The lowest BCUT2D eigenvalue weighted by Gasteiger charge is -2.25. The highest BCUT2D eigenvalue weighted by Crippen LogP contribution is 2.36. The molecule has 1 aliphatic rings. The number of amides is 1. The van der Waals surface area contributed by atoms with E-state index in [2.05, 4.69) is 0 Å². The molecule has 0 bridgehead atoms. The summed E-state index contributed by atoms with van der Waals surface area (Å²) in [6, 6.07) is 14.2. The summed E-state index contributed by atoms with van der Waals surface area (Å²) in [6.07, 6.45) is 0.996. The molecule has 0 aromatic heterocycles. The lowest BCUT2D eigenvalue weighted by Crippen LogP contribution is -2.36. The number of aliphatic hydroxyl groups excluding tert-OH is 1. The van der Waals surface area contributed by atoms with Crippen molar-refractivity contribution in [3.63, 3.8) is 0 Å². The third kappa shape index (κ3) is 3.75. The van der Waals surface area contributed by atoms with Crippen LogP contribution in [0.15, 0.2) is 60.4 Å². The van der Waals surface area contributed by atoms with Crippen molar-refractivity contribution in [2.75, 3.05) is 13.1 Å². The molecule has 1 unspecified atom stereocenters. The summed E-state index contributed by atoms with van der Waals surface area (Å²) in [5, 5.41) is 29.3. The average molecular weight is 385 g/mol. The van der Waals surface area contributed by atoms with E-state index < -0.39 is 11.5 Å². The fraction of sp³-hybridized carbons (Fsp3) is 0.238. The molecule has 140 valence electrons. The molecule has 1 heterocycles. The normalized spacial score (nSPS) is 20.0. The average Bonchev–Trinajstić information content (AvgIpc) is 3.06. The van der Waals surface area contributed by atoms with Gasteiger partial charge in [-0.3, -0.25) is 10.2 Å². The molecule has 1 atom stereocenters. The first-order valence-electron chi connectivity index (χ1n) is 8.63. The number of hydrogen-bond acceptors (Lipinski definition) is 4. The Morgan fingerprint density at radius 3 is 2.52 bits per heavy atom. The van der Waals surface area contributed by atoms with Gasteiger partial charge in [-0.25, -0.2) is 0 Å². The second kappa shape index (κ2) is 7.55. The summed E-state index contributed by atoms with van der Waals surface area (Å²) in [5.41, 5.74) is 0.732. The zero-order valence-corrected chi connectivity index (χ0v) is 15.7. The van der Waals surface area contributed by atoms with E-state index in [0.717, 1.165) is 5.56 Å². The Hall–Kier alpha value is -2.63. The van der Waals surface area contributed by atoms with Crippen LogP contribution >= 0.6 is 11.6 Å². The predicted octanol–water partition coefficient (Wildman–Crippen LogP) is 3.58. The maximum Gasteiger partial charge on any atom is 0.259 e. The Bertz CT molecular complexity index is 908. The van der Waals surface area contributed by atoms with Gasteiger partial charge in [-0.05, 0) is 19.4 Å². The quantitative estimate of drug-likeness (QED) is 0.428. The summed E-state index contributed by atoms with van der Waals surface area (Å²) in [4.78, 5) is 14.3. The number of nitrogens with one attached hydrogen (secondary N) is 1. The van der Waals surface area contributed by atoms with Crippen LogP contribution in [0.2, 0.25) is 5.02 Å². The molecule has 1 saturated heterocycles. The summed E-state index contributed by atoms with van der Waals surface area (Å²) in [7, 11) is 0. The number of benzene rings is 2. The van der Waals surface area contributed by atoms with Gasteiger partial charge in [0.1, 0.15) is 5.60 Å². The fourth-order valence-corrected chi connectivity index (χ4v) is 3.61. The number of aryl methyl sites for hydroxylation is 1. The summed E-state index contributed by atoms with van der Waals surface area (Å²) >= 11 is 6.21. The molecule has 0 radical (unpaired) electrons. The maximum atomic E-state index is 12.9. The van der Waals surface area contributed by atoms with Gasteiger partial charge in [-0.15, -0.1) is 0 Å². The van der Waals surface area contributed by atoms with Crippen molar-refractivity contribution in [3.8, 4) is 0 Å². The molecule has 1 amide bonds. The van der Waals surface area contributed by atoms with Crippen molar-refractivity contribution in [2.24, 2.45) is 0 Å². The highest BCUT2D eigenvalue weighted by molar-refractivity contribution is 6.31. The molecule has 3 rings (SSSR count). The monoisotopic (exact) mass is 384 g/mol. The third-order valence-electron chi connectivity index (χ3n) is 4.88. The van der Waals surface area contributed by atoms with Gasteiger partial charge in [0, 0.05) is 22.7 Å². The standard InChI is InChI=1S/C21H21ClN2O3/c1-14-6-8-15(9-7-14)19(23)16(12-25)20(26)24-11-10-21(27,13-24)17-4-2-3-5-18(17)22/h2-9,12,23,25,27H,10-11,13H2,1H3/b16-12+,23-19?. The Morgan fingerprint density at radius 2 is 1.89 bits per heavy atom. The maximum absolute atomic E-state index is 12.9. The van der Waals surface area contributed by atoms with E-state index in [4.69, 9.17) is 17.0 Å². The summed E-state index contributed by atoms with van der Waals surface area (Å²) in [5.74, 6) is -0.494. The number of hydrogen-bond donors (Lipinski definition) is 3. The number of halogens is 1. The van der Waals surface area contributed by atoms with Gasteiger partial charge in [-0.1, -0.05) is 59.6 Å². The fourth-order valence-electron chi connectivity index (χ4n) is 3.30. The second-order valence-corrected chi connectivity index (χ2v) is 7.18. The Morgan fingerprint density at radius 1 is 1.22 bits per heavy atom. The van der Waals surface area contributed by atoms with Crippen LogP contribution in [-0.4, -0.2) is 39.8 Å². The minimum atomic E-state index is -1.25. The number of carbonyl (C=O) groups excluding carboxylic acids is 1. The van der Waals surface area contributed by atoms with Crippen molar-refractivity contribution in [1.82, 2.24) is 4.90 Å². The van der Waals surface area contributed by atoms with E-state index >= 15 is 0 Å². The number of aliphatic hydroxyl groups is 2. The van der Waals surface area contributed by atoms with Crippen LogP contribution in [0.4, 0.5) is 0 Å². The van der Waals surface area contributed by atoms with E-state index in [1.807, 2.05) is 19.1 Å². The molecule has 5 nitrogen and oxygen atoms in total. The minimum Gasteiger partial charge on any atom is -0.515 e. The minimum absolute atomic E-state index is 0.0497. The topological polar surface area (TPSA) is 84.6 Å². The molecule has 6 heteroatoms. The zero-order chi connectivity index (χ0) is 19.6. The molecular formula is C21H21ClN2O3. The zero-order valence-electron chi connectivity index (χ0n) is 14.9. The van der Waals surface area contributed by atoms with Crippen LogP contribution in [0.3, 0.4) is 0 Å². The highest BCUT2D eigenvalue weighted by atomic mass is 35.5. The first-order valence-corrected chi connectivity index (χ1v) is 9.00. The predicted molar refractivity (Wildman–Crippen MR) is 105 cm³/mol. The van der Waals surface area contributed by atoms with Crippen LogP contribution in [0, 0.1) is 12.3 Å². The van der Waals surface area contributed by atoms with E-state index in [-0.39, 0.29) is 17.8 Å². The van der Waals surface area contributed by atoms with Gasteiger partial charge < -0.3 is 15.1 Å². The number of rotatable bonds is 4. The molecule has 27 heavy (non-hydrogen) atoms. The molecule has 1 aliphatic heterocycles. The summed E-state index contributed by atoms with van der Waals surface area (Å²) < 4.78 is 0. The molecule has 1 fully saturated rings. The lowest BCUT2D eigenvalue weighted by molar-refractivity contribution is -0.126. The largest absolute Gasteiger partial charge is 0.515 e.